The Labute approximate surface area is 125 Å². The summed E-state index contributed by atoms with van der Waals surface area (Å²) < 4.78 is 0. The smallest absolute Gasteiger partial charge is 0.0517 e. The summed E-state index contributed by atoms with van der Waals surface area (Å²) in [5, 5.41) is 3.60. The molecule has 1 atom stereocenters. The van der Waals surface area contributed by atoms with Crippen molar-refractivity contribution in [3.8, 4) is 0 Å². The van der Waals surface area contributed by atoms with Crippen LogP contribution in [0.4, 0.5) is 0 Å². The SMILES string of the molecule is C[Si](C)(C)C1CCCC=C1CCNCc1ccccc1. The molecular formula is C18H29NSi. The van der Waals surface area contributed by atoms with Gasteiger partial charge in [-0.15, -0.1) is 0 Å². The highest BCUT2D eigenvalue weighted by Gasteiger charge is 2.30. The molecule has 0 aromatic heterocycles. The first-order valence-corrected chi connectivity index (χ1v) is 11.6. The zero-order valence-electron chi connectivity index (χ0n) is 13.3. The van der Waals surface area contributed by atoms with Crippen molar-refractivity contribution >= 4 is 8.07 Å². The van der Waals surface area contributed by atoms with Crippen molar-refractivity contribution in [1.29, 1.82) is 0 Å². The van der Waals surface area contributed by atoms with Gasteiger partial charge in [0.2, 0.25) is 0 Å². The van der Waals surface area contributed by atoms with Crippen LogP contribution in [0.25, 0.3) is 0 Å². The molecule has 0 radical (unpaired) electrons. The van der Waals surface area contributed by atoms with Crippen molar-refractivity contribution < 1.29 is 0 Å². The predicted octanol–water partition coefficient (Wildman–Crippen LogP) is 4.99. The Balaban J connectivity index is 1.79. The molecule has 20 heavy (non-hydrogen) atoms. The van der Waals surface area contributed by atoms with E-state index in [9.17, 15) is 0 Å². The highest BCUT2D eigenvalue weighted by molar-refractivity contribution is 6.78. The maximum absolute atomic E-state index is 3.60. The third-order valence-electron chi connectivity index (χ3n) is 4.36. The molecule has 0 saturated heterocycles. The van der Waals surface area contributed by atoms with Crippen molar-refractivity contribution in [2.24, 2.45) is 0 Å². The Kier molecular flexibility index (Phi) is 5.61. The van der Waals surface area contributed by atoms with E-state index in [1.807, 2.05) is 0 Å². The molecule has 1 aromatic carbocycles. The standard InChI is InChI=1S/C18H29NSi/c1-20(2,3)18-12-8-7-11-17(18)13-14-19-15-16-9-5-4-6-10-16/h4-6,9-11,18-19H,7-8,12-15H2,1-3H3. The van der Waals surface area contributed by atoms with Crippen LogP contribution < -0.4 is 5.32 Å². The van der Waals surface area contributed by atoms with Gasteiger partial charge in [0, 0.05) is 6.54 Å². The topological polar surface area (TPSA) is 12.0 Å². The normalized spacial score (nSPS) is 19.8. The molecular weight excluding hydrogens is 258 g/mol. The first kappa shape index (κ1) is 15.5. The van der Waals surface area contributed by atoms with Gasteiger partial charge in [0.25, 0.3) is 0 Å². The first-order chi connectivity index (χ1) is 9.57. The van der Waals surface area contributed by atoms with E-state index in [1.165, 1.54) is 31.2 Å². The maximum Gasteiger partial charge on any atom is 0.0517 e. The van der Waals surface area contributed by atoms with Crippen molar-refractivity contribution in [3.05, 3.63) is 47.5 Å². The molecule has 0 bridgehead atoms. The van der Waals surface area contributed by atoms with Gasteiger partial charge >= 0.3 is 0 Å². The molecule has 1 aromatic rings. The summed E-state index contributed by atoms with van der Waals surface area (Å²) in [5.74, 6) is 0. The lowest BCUT2D eigenvalue weighted by atomic mass is 9.96. The zero-order chi connectivity index (χ0) is 14.4. The number of benzene rings is 1. The molecule has 1 aliphatic carbocycles. The molecule has 0 spiro atoms. The second kappa shape index (κ2) is 7.23. The Hall–Kier alpha value is -0.863. The second-order valence-corrected chi connectivity index (χ2v) is 12.5. The third kappa shape index (κ3) is 4.60. The van der Waals surface area contributed by atoms with Gasteiger partial charge in [0.1, 0.15) is 0 Å². The molecule has 0 amide bonds. The average molecular weight is 288 g/mol. The molecule has 1 N–H and O–H groups in total. The predicted molar refractivity (Wildman–Crippen MR) is 91.8 cm³/mol. The second-order valence-electron chi connectivity index (χ2n) is 7.04. The van der Waals surface area contributed by atoms with E-state index < -0.39 is 8.07 Å². The van der Waals surface area contributed by atoms with Crippen LogP contribution >= 0.6 is 0 Å². The monoisotopic (exact) mass is 287 g/mol. The summed E-state index contributed by atoms with van der Waals surface area (Å²) in [6.45, 7) is 9.67. The van der Waals surface area contributed by atoms with Gasteiger partial charge in [-0.2, -0.15) is 0 Å². The summed E-state index contributed by atoms with van der Waals surface area (Å²) in [4.78, 5) is 0. The fraction of sp³-hybridized carbons (Fsp3) is 0.556. The molecule has 2 heteroatoms. The molecule has 1 unspecified atom stereocenters. The van der Waals surface area contributed by atoms with E-state index in [1.54, 1.807) is 5.57 Å². The molecule has 1 aliphatic rings. The third-order valence-corrected chi connectivity index (χ3v) is 7.11. The van der Waals surface area contributed by atoms with E-state index in [2.05, 4.69) is 61.4 Å². The van der Waals surface area contributed by atoms with Crippen LogP contribution in [0, 0.1) is 0 Å². The van der Waals surface area contributed by atoms with Crippen molar-refractivity contribution in [2.45, 2.75) is 57.4 Å². The van der Waals surface area contributed by atoms with E-state index in [4.69, 9.17) is 0 Å². The molecule has 2 rings (SSSR count). The van der Waals surface area contributed by atoms with Crippen LogP contribution in [0.5, 0.6) is 0 Å². The molecule has 0 saturated carbocycles. The Bertz CT molecular complexity index is 430. The Morgan fingerprint density at radius 3 is 2.60 bits per heavy atom. The molecule has 0 heterocycles. The minimum Gasteiger partial charge on any atom is -0.312 e. The van der Waals surface area contributed by atoms with Gasteiger partial charge < -0.3 is 5.32 Å². The maximum atomic E-state index is 3.60. The van der Waals surface area contributed by atoms with Crippen LogP contribution in [0.3, 0.4) is 0 Å². The highest BCUT2D eigenvalue weighted by Crippen LogP contribution is 2.39. The van der Waals surface area contributed by atoms with Crippen LogP contribution in [0.2, 0.25) is 25.2 Å². The lowest BCUT2D eigenvalue weighted by molar-refractivity contribution is 0.623. The number of nitrogens with one attached hydrogen (secondary N) is 1. The summed E-state index contributed by atoms with van der Waals surface area (Å²) in [6, 6.07) is 10.7. The Morgan fingerprint density at radius 1 is 1.15 bits per heavy atom. The fourth-order valence-electron chi connectivity index (χ4n) is 3.26. The average Bonchev–Trinajstić information content (AvgIpc) is 2.44. The first-order valence-electron chi connectivity index (χ1n) is 8.01. The van der Waals surface area contributed by atoms with Crippen molar-refractivity contribution in [3.63, 3.8) is 0 Å². The Morgan fingerprint density at radius 2 is 1.90 bits per heavy atom. The highest BCUT2D eigenvalue weighted by atomic mass is 28.3. The number of hydrogen-bond donors (Lipinski definition) is 1. The van der Waals surface area contributed by atoms with Crippen molar-refractivity contribution in [2.75, 3.05) is 6.54 Å². The van der Waals surface area contributed by atoms with E-state index in [-0.39, 0.29) is 0 Å². The number of allylic oxidation sites excluding steroid dienone is 1. The van der Waals surface area contributed by atoms with Crippen LogP contribution in [-0.4, -0.2) is 14.6 Å². The quantitative estimate of drug-likeness (QED) is 0.442. The minimum absolute atomic E-state index is 0.912. The van der Waals surface area contributed by atoms with Crippen LogP contribution in [0.1, 0.15) is 31.2 Å². The summed E-state index contributed by atoms with van der Waals surface area (Å²) in [6.07, 6.45) is 7.91. The van der Waals surface area contributed by atoms with E-state index >= 15 is 0 Å². The summed E-state index contributed by atoms with van der Waals surface area (Å²) in [7, 11) is -1.04. The van der Waals surface area contributed by atoms with Crippen molar-refractivity contribution in [1.82, 2.24) is 5.32 Å². The summed E-state index contributed by atoms with van der Waals surface area (Å²) in [5.41, 5.74) is 4.04. The molecule has 0 aliphatic heterocycles. The zero-order valence-corrected chi connectivity index (χ0v) is 14.3. The molecule has 110 valence electrons. The lowest BCUT2D eigenvalue weighted by Gasteiger charge is -2.34. The van der Waals surface area contributed by atoms with Gasteiger partial charge in [-0.05, 0) is 43.3 Å². The molecule has 1 nitrogen and oxygen atoms in total. The lowest BCUT2D eigenvalue weighted by Crippen LogP contribution is -2.31. The van der Waals surface area contributed by atoms with Crippen LogP contribution in [0.15, 0.2) is 42.0 Å². The van der Waals surface area contributed by atoms with Crippen LogP contribution in [-0.2, 0) is 6.54 Å². The van der Waals surface area contributed by atoms with Gasteiger partial charge in [-0.3, -0.25) is 0 Å². The van der Waals surface area contributed by atoms with Gasteiger partial charge in [0.05, 0.1) is 8.07 Å². The number of hydrogen-bond acceptors (Lipinski definition) is 1. The fourth-order valence-corrected chi connectivity index (χ4v) is 5.71. The van der Waals surface area contributed by atoms with Gasteiger partial charge in [-0.1, -0.05) is 61.6 Å². The van der Waals surface area contributed by atoms with E-state index in [0.717, 1.165) is 18.6 Å². The van der Waals surface area contributed by atoms with Gasteiger partial charge in [-0.25, -0.2) is 0 Å². The summed E-state index contributed by atoms with van der Waals surface area (Å²) >= 11 is 0. The largest absolute Gasteiger partial charge is 0.312 e. The minimum atomic E-state index is -1.04. The number of rotatable bonds is 6. The van der Waals surface area contributed by atoms with E-state index in [0.29, 0.717) is 0 Å². The van der Waals surface area contributed by atoms with Gasteiger partial charge in [0.15, 0.2) is 0 Å². The molecule has 0 fully saturated rings.